The van der Waals surface area contributed by atoms with Crippen LogP contribution in [0.4, 0.5) is 0 Å². The summed E-state index contributed by atoms with van der Waals surface area (Å²) >= 11 is 29.1. The molecule has 3 fully saturated rings. The molecule has 414 valence electrons. The molecule has 1 amide bonds. The molecular formula is C57H61Cl4N5O8S4. The Balaban J connectivity index is 0.000000143. The van der Waals surface area contributed by atoms with Crippen LogP contribution in [-0.4, -0.2) is 119 Å². The van der Waals surface area contributed by atoms with Crippen molar-refractivity contribution in [1.82, 2.24) is 22.9 Å². The molecule has 11 rings (SSSR count). The van der Waals surface area contributed by atoms with E-state index < -0.39 is 10.0 Å². The first kappa shape index (κ1) is 58.3. The van der Waals surface area contributed by atoms with E-state index in [1.54, 1.807) is 77.9 Å². The lowest BCUT2D eigenvalue weighted by Gasteiger charge is -2.27. The molecule has 6 aromatic heterocycles. The van der Waals surface area contributed by atoms with Gasteiger partial charge in [-0.2, -0.15) is 0 Å². The number of carbonyl (C=O) groups is 4. The van der Waals surface area contributed by atoms with Gasteiger partial charge in [0.25, 0.3) is 0 Å². The Labute approximate surface area is 486 Å². The first-order chi connectivity index (χ1) is 37.0. The lowest BCUT2D eigenvalue weighted by Crippen LogP contribution is -2.42. The molecule has 0 atom stereocenters. The molecule has 21 heteroatoms. The van der Waals surface area contributed by atoms with Gasteiger partial charge in [-0.3, -0.25) is 24.1 Å². The van der Waals surface area contributed by atoms with Gasteiger partial charge in [-0.25, -0.2) is 12.4 Å². The van der Waals surface area contributed by atoms with Gasteiger partial charge in [0.2, 0.25) is 15.9 Å². The van der Waals surface area contributed by atoms with Crippen LogP contribution in [0.15, 0.2) is 70.7 Å². The van der Waals surface area contributed by atoms with Crippen LogP contribution in [-0.2, 0) is 37.4 Å². The first-order valence-electron chi connectivity index (χ1n) is 25.7. The van der Waals surface area contributed by atoms with Gasteiger partial charge < -0.3 is 23.5 Å². The number of carbonyl (C=O) groups excluding carboxylic acids is 4. The molecule has 0 unspecified atom stereocenters. The lowest BCUT2D eigenvalue weighted by molar-refractivity contribution is -0.135. The van der Waals surface area contributed by atoms with E-state index in [0.717, 1.165) is 71.9 Å². The zero-order valence-electron chi connectivity index (χ0n) is 44.6. The largest absolute Gasteiger partial charge is 0.379 e. The molecule has 0 spiro atoms. The van der Waals surface area contributed by atoms with E-state index in [2.05, 4.69) is 55.5 Å². The predicted octanol–water partition coefficient (Wildman–Crippen LogP) is 13.4. The van der Waals surface area contributed by atoms with E-state index in [-0.39, 0.29) is 67.2 Å². The van der Waals surface area contributed by atoms with Gasteiger partial charge in [0.15, 0.2) is 17.3 Å². The van der Waals surface area contributed by atoms with E-state index >= 15 is 0 Å². The Morgan fingerprint density at radius 1 is 0.603 bits per heavy atom. The fourth-order valence-electron chi connectivity index (χ4n) is 11.0. The summed E-state index contributed by atoms with van der Waals surface area (Å²) in [5.41, 5.74) is 4.93. The second-order valence-corrected chi connectivity index (χ2v) is 27.1. The highest BCUT2D eigenvalue weighted by Gasteiger charge is 2.68. The molecule has 3 aliphatic rings. The maximum atomic E-state index is 13.5. The third-order valence-electron chi connectivity index (χ3n) is 16.0. The van der Waals surface area contributed by atoms with E-state index in [1.807, 2.05) is 22.9 Å². The number of nitrogens with zero attached hydrogens (tertiary/aromatic N) is 5. The summed E-state index contributed by atoms with van der Waals surface area (Å²) in [4.78, 5) is 59.5. The second kappa shape index (κ2) is 23.2. The summed E-state index contributed by atoms with van der Waals surface area (Å²) in [6.07, 6.45) is 0. The minimum atomic E-state index is -3.52. The number of thiophene rings is 3. The van der Waals surface area contributed by atoms with Gasteiger partial charge in [0.1, 0.15) is 21.0 Å². The number of halogens is 4. The Morgan fingerprint density at radius 2 is 1.05 bits per heavy atom. The van der Waals surface area contributed by atoms with Crippen LogP contribution in [0.2, 0.25) is 20.1 Å². The van der Waals surface area contributed by atoms with Crippen molar-refractivity contribution in [2.75, 3.05) is 64.9 Å². The number of hydrogen-bond donors (Lipinski definition) is 0. The number of morpholine rings is 2. The summed E-state index contributed by atoms with van der Waals surface area (Å²) in [7, 11) is -3.52. The predicted molar refractivity (Wildman–Crippen MR) is 318 cm³/mol. The average molecular weight is 1210 g/mol. The van der Waals surface area contributed by atoms with Crippen molar-refractivity contribution in [1.29, 1.82) is 0 Å². The summed E-state index contributed by atoms with van der Waals surface area (Å²) in [5, 5.41) is 9.43. The number of Topliss-reactive ketones (excluding diaryl/α,β-unsaturated/α-hetero) is 1. The highest BCUT2D eigenvalue weighted by molar-refractivity contribution is 7.90. The molecule has 1 aliphatic carbocycles. The monoisotopic (exact) mass is 1210 g/mol. The zero-order valence-corrected chi connectivity index (χ0v) is 50.9. The summed E-state index contributed by atoms with van der Waals surface area (Å²) in [6.45, 7) is 24.2. The fraction of sp³-hybridized carbons (Fsp3) is 0.404. The normalized spacial score (nSPS) is 16.5. The minimum absolute atomic E-state index is 0.0245. The molecule has 1 saturated carbocycles. The Bertz CT molecular complexity index is 3720. The minimum Gasteiger partial charge on any atom is -0.379 e. The summed E-state index contributed by atoms with van der Waals surface area (Å²) in [6, 6.07) is 15.6. The quantitative estimate of drug-likeness (QED) is 0.103. The number of amides is 1. The topological polar surface area (TPSA) is 142 Å². The molecule has 2 aromatic carbocycles. The van der Waals surface area contributed by atoms with E-state index in [1.165, 1.54) is 31.5 Å². The maximum Gasteiger partial charge on any atom is 0.242 e. The maximum absolute atomic E-state index is 13.5. The summed E-state index contributed by atoms with van der Waals surface area (Å²) < 4.78 is 41.2. The highest BCUT2D eigenvalue weighted by atomic mass is 35.5. The van der Waals surface area contributed by atoms with E-state index in [0.29, 0.717) is 69.7 Å². The molecule has 8 aromatic rings. The number of hydrogen-bond acceptors (Lipinski definition) is 12. The molecular weight excluding hydrogens is 1150 g/mol. The van der Waals surface area contributed by atoms with Crippen LogP contribution in [0.5, 0.6) is 0 Å². The van der Waals surface area contributed by atoms with Crippen molar-refractivity contribution >= 4 is 144 Å². The van der Waals surface area contributed by atoms with Crippen molar-refractivity contribution in [2.24, 2.45) is 16.7 Å². The number of ketones is 3. The van der Waals surface area contributed by atoms with Crippen molar-refractivity contribution in [3.8, 4) is 0 Å². The van der Waals surface area contributed by atoms with Crippen LogP contribution in [0.3, 0.4) is 0 Å². The Morgan fingerprint density at radius 3 is 1.56 bits per heavy atom. The molecule has 0 N–H and O–H groups in total. The molecule has 0 radical (unpaired) electrons. The van der Waals surface area contributed by atoms with Crippen molar-refractivity contribution in [2.45, 2.75) is 68.5 Å². The van der Waals surface area contributed by atoms with Crippen LogP contribution in [0.1, 0.15) is 93.9 Å². The van der Waals surface area contributed by atoms with Gasteiger partial charge in [-0.05, 0) is 97.1 Å². The van der Waals surface area contributed by atoms with Gasteiger partial charge in [0.05, 0.1) is 63.4 Å². The number of aromatic nitrogens is 3. The van der Waals surface area contributed by atoms with E-state index in [4.69, 9.17) is 55.9 Å². The number of rotatable bonds is 13. The Hall–Kier alpha value is -4.37. The average Bonchev–Trinajstić information content (AvgIpc) is 4.28. The smallest absolute Gasteiger partial charge is 0.242 e. The van der Waals surface area contributed by atoms with Crippen LogP contribution < -0.4 is 0 Å². The van der Waals surface area contributed by atoms with Gasteiger partial charge in [-0.1, -0.05) is 86.2 Å². The molecule has 2 aliphatic heterocycles. The van der Waals surface area contributed by atoms with Gasteiger partial charge >= 0.3 is 0 Å². The van der Waals surface area contributed by atoms with E-state index in [9.17, 15) is 27.6 Å². The molecule has 78 heavy (non-hydrogen) atoms. The zero-order chi connectivity index (χ0) is 56.2. The lowest BCUT2D eigenvalue weighted by atomic mass is 10.00. The van der Waals surface area contributed by atoms with Gasteiger partial charge in [-0.15, -0.1) is 34.0 Å². The second-order valence-electron chi connectivity index (χ2n) is 20.8. The Kier molecular flexibility index (Phi) is 17.4. The standard InChI is InChI=1S/C21H30N2O2S.C20H18Cl2N2O3S.C16H13Cl2NO3S2/c1-14-16(17(24)18-20(2,3)21(18,4)5)15-6-13-26-19(15)23(14)8-7-22-9-11-25-12-10-22;1-12-17(19(26)14-3-2-4-15(21)18(14)22)13-5-10-28-20(13)24(12)11-16(25)23-6-8-27-9-7-23;1-3-24(21,22)19-9(2)13(10-7-8-23-16(10)19)15(20)11-5-4-6-12(17)14(11)18/h6,13,18H,7-12H2,1-5H3;2-5,10H,6-9,11H2,1H3;4-8H,3H2,1-2H3. The third kappa shape index (κ3) is 10.7. The molecule has 2 saturated heterocycles. The van der Waals surface area contributed by atoms with Crippen LogP contribution >= 0.6 is 80.4 Å². The third-order valence-corrected chi connectivity index (χ3v) is 22.3. The molecule has 8 heterocycles. The molecule has 13 nitrogen and oxygen atoms in total. The highest BCUT2D eigenvalue weighted by Crippen LogP contribution is 2.69. The van der Waals surface area contributed by atoms with Crippen LogP contribution in [0, 0.1) is 37.5 Å². The molecule has 0 bridgehead atoms. The number of benzene rings is 2. The van der Waals surface area contributed by atoms with Gasteiger partial charge in [0, 0.05) is 95.1 Å². The number of ether oxygens (including phenoxy) is 2. The summed E-state index contributed by atoms with van der Waals surface area (Å²) in [5.74, 6) is -0.102. The van der Waals surface area contributed by atoms with Crippen molar-refractivity contribution < 1.29 is 37.1 Å². The van der Waals surface area contributed by atoms with Crippen molar-refractivity contribution in [3.63, 3.8) is 0 Å². The fourth-order valence-corrected chi connectivity index (χ4v) is 16.2. The van der Waals surface area contributed by atoms with Crippen molar-refractivity contribution in [3.05, 3.63) is 136 Å². The van der Waals surface area contributed by atoms with Crippen LogP contribution in [0.25, 0.3) is 30.6 Å². The number of fused-ring (bicyclic) bond motifs is 3. The first-order valence-corrected chi connectivity index (χ1v) is 31.4. The SMILES string of the molecule is CCS(=O)(=O)n1c(C)c(C(=O)c2cccc(Cl)c2Cl)c2ccsc21.Cc1c(C(=O)C2C(C)(C)C2(C)C)c2ccsc2n1CCN1CCOCC1.Cc1c(C(=O)c2cccc(Cl)c2Cl)c2ccsc2n1CC(=O)N1CCOCC1.